The van der Waals surface area contributed by atoms with Crippen LogP contribution in [-0.4, -0.2) is 5.75 Å². The van der Waals surface area contributed by atoms with Crippen LogP contribution in [0.1, 0.15) is 25.0 Å². The van der Waals surface area contributed by atoms with E-state index in [0.717, 1.165) is 5.75 Å². The van der Waals surface area contributed by atoms with Gasteiger partial charge in [0.2, 0.25) is 0 Å². The molecule has 0 bridgehead atoms. The molecule has 1 aliphatic heterocycles. The first kappa shape index (κ1) is 9.85. The molecule has 1 heterocycles. The van der Waals surface area contributed by atoms with Gasteiger partial charge in [-0.05, 0) is 22.1 Å². The minimum atomic E-state index is 0.233. The second-order valence-corrected chi connectivity index (χ2v) is 5.50. The zero-order valence-electron chi connectivity index (χ0n) is 8.84. The average molecular weight is 204 g/mol. The minimum Gasteiger partial charge on any atom is -0.156 e. The smallest absolute Gasteiger partial charge is 0.0190 e. The molecule has 0 aromatic heterocycles. The highest BCUT2D eigenvalue weighted by Crippen LogP contribution is 2.41. The van der Waals surface area contributed by atoms with Crippen molar-refractivity contribution in [2.45, 2.75) is 19.6 Å². The van der Waals surface area contributed by atoms with Gasteiger partial charge in [0.15, 0.2) is 0 Å². The molecule has 0 unspecified atom stereocenters. The summed E-state index contributed by atoms with van der Waals surface area (Å²) < 4.78 is 0. The fourth-order valence-corrected chi connectivity index (χ4v) is 3.07. The lowest BCUT2D eigenvalue weighted by molar-refractivity contribution is 0.582. The van der Waals surface area contributed by atoms with Gasteiger partial charge in [-0.1, -0.05) is 44.7 Å². The van der Waals surface area contributed by atoms with E-state index < -0.39 is 0 Å². The molecule has 0 saturated heterocycles. The zero-order chi connectivity index (χ0) is 10.2. The van der Waals surface area contributed by atoms with Crippen LogP contribution in [0.15, 0.2) is 30.8 Å². The second kappa shape index (κ2) is 3.47. The molecule has 0 amide bonds. The number of benzene rings is 1. The molecule has 2 rings (SSSR count). The molecule has 1 aliphatic rings. The van der Waals surface area contributed by atoms with Crippen LogP contribution in [0.4, 0.5) is 0 Å². The highest BCUT2D eigenvalue weighted by molar-refractivity contribution is 7.98. The summed E-state index contributed by atoms with van der Waals surface area (Å²) in [5.74, 6) is 2.29. The summed E-state index contributed by atoms with van der Waals surface area (Å²) in [7, 11) is 0. The monoisotopic (exact) mass is 204 g/mol. The number of rotatable bonds is 0. The van der Waals surface area contributed by atoms with Crippen molar-refractivity contribution in [2.75, 3.05) is 5.75 Å². The van der Waals surface area contributed by atoms with Gasteiger partial charge in [0.25, 0.3) is 0 Å². The summed E-state index contributed by atoms with van der Waals surface area (Å²) in [5.41, 5.74) is 4.32. The molecule has 1 aromatic carbocycles. The normalized spacial score (nSPS) is 20.0. The van der Waals surface area contributed by atoms with E-state index in [-0.39, 0.29) is 5.41 Å². The highest BCUT2D eigenvalue weighted by atomic mass is 32.2. The zero-order valence-corrected chi connectivity index (χ0v) is 9.66. The van der Waals surface area contributed by atoms with E-state index in [2.05, 4.69) is 44.7 Å². The van der Waals surface area contributed by atoms with Gasteiger partial charge in [-0.25, -0.2) is 0 Å². The van der Waals surface area contributed by atoms with Crippen LogP contribution < -0.4 is 0 Å². The van der Waals surface area contributed by atoms with E-state index in [1.807, 2.05) is 11.8 Å². The lowest BCUT2D eigenvalue weighted by atomic mass is 9.82. The van der Waals surface area contributed by atoms with Gasteiger partial charge in [0, 0.05) is 11.5 Å². The Bertz CT molecular complexity index is 363. The summed E-state index contributed by atoms with van der Waals surface area (Å²) in [6.07, 6.45) is 0. The molecule has 14 heavy (non-hydrogen) atoms. The van der Waals surface area contributed by atoms with Gasteiger partial charge < -0.3 is 0 Å². The van der Waals surface area contributed by atoms with E-state index in [1.165, 1.54) is 22.5 Å². The molecule has 74 valence electrons. The molecular weight excluding hydrogens is 188 g/mol. The number of allylic oxidation sites excluding steroid dienone is 1. The Morgan fingerprint density at radius 2 is 2.00 bits per heavy atom. The summed E-state index contributed by atoms with van der Waals surface area (Å²) in [6.45, 7) is 8.82. The first-order valence-corrected chi connectivity index (χ1v) is 6.12. The minimum absolute atomic E-state index is 0.233. The molecule has 0 spiro atoms. The Morgan fingerprint density at radius 3 is 2.79 bits per heavy atom. The van der Waals surface area contributed by atoms with Crippen molar-refractivity contribution in [1.82, 2.24) is 0 Å². The average Bonchev–Trinajstić information content (AvgIpc) is 2.27. The summed E-state index contributed by atoms with van der Waals surface area (Å²) in [5, 5.41) is 0. The molecule has 0 N–H and O–H groups in total. The largest absolute Gasteiger partial charge is 0.156 e. The van der Waals surface area contributed by atoms with Crippen molar-refractivity contribution in [3.8, 4) is 0 Å². The molecule has 0 atom stereocenters. The van der Waals surface area contributed by atoms with Crippen LogP contribution in [0.2, 0.25) is 0 Å². The van der Waals surface area contributed by atoms with Gasteiger partial charge in [-0.2, -0.15) is 11.8 Å². The molecule has 0 fully saturated rings. The van der Waals surface area contributed by atoms with Gasteiger partial charge >= 0.3 is 0 Å². The fraction of sp³-hybridized carbons (Fsp3) is 0.385. The van der Waals surface area contributed by atoms with Crippen LogP contribution in [-0.2, 0) is 5.75 Å². The predicted octanol–water partition coefficient (Wildman–Crippen LogP) is 3.97. The Kier molecular flexibility index (Phi) is 2.44. The maximum atomic E-state index is 4.25. The number of fused-ring (bicyclic) bond motifs is 1. The third kappa shape index (κ3) is 1.61. The Morgan fingerprint density at radius 1 is 1.29 bits per heavy atom. The summed E-state index contributed by atoms with van der Waals surface area (Å²) >= 11 is 2.01. The van der Waals surface area contributed by atoms with Crippen molar-refractivity contribution in [3.05, 3.63) is 42.0 Å². The van der Waals surface area contributed by atoms with Gasteiger partial charge in [-0.3, -0.25) is 0 Å². The lowest BCUT2D eigenvalue weighted by Gasteiger charge is -2.25. The van der Waals surface area contributed by atoms with E-state index in [9.17, 15) is 0 Å². The second-order valence-electron chi connectivity index (χ2n) is 4.51. The van der Waals surface area contributed by atoms with E-state index in [1.54, 1.807) is 0 Å². The van der Waals surface area contributed by atoms with Crippen molar-refractivity contribution in [1.29, 1.82) is 0 Å². The molecular formula is C13H16S. The molecule has 1 aromatic rings. The molecule has 0 saturated carbocycles. The van der Waals surface area contributed by atoms with Crippen molar-refractivity contribution >= 4 is 17.3 Å². The molecule has 0 nitrogen and oxygen atoms in total. The first-order valence-electron chi connectivity index (χ1n) is 4.97. The van der Waals surface area contributed by atoms with E-state index in [4.69, 9.17) is 0 Å². The lowest BCUT2D eigenvalue weighted by Crippen LogP contribution is -2.15. The number of hydrogen-bond acceptors (Lipinski definition) is 1. The summed E-state index contributed by atoms with van der Waals surface area (Å²) in [4.78, 5) is 0. The Hall–Kier alpha value is -0.690. The predicted molar refractivity (Wildman–Crippen MR) is 65.4 cm³/mol. The van der Waals surface area contributed by atoms with E-state index in [0.29, 0.717) is 0 Å². The van der Waals surface area contributed by atoms with Crippen LogP contribution >= 0.6 is 11.8 Å². The van der Waals surface area contributed by atoms with Crippen LogP contribution in [0.3, 0.4) is 0 Å². The third-order valence-electron chi connectivity index (χ3n) is 2.88. The van der Waals surface area contributed by atoms with Gasteiger partial charge in [-0.15, -0.1) is 0 Å². The topological polar surface area (TPSA) is 0 Å². The number of hydrogen-bond donors (Lipinski definition) is 0. The maximum Gasteiger partial charge on any atom is 0.0190 e. The number of thioether (sulfide) groups is 1. The summed E-state index contributed by atoms with van der Waals surface area (Å²) in [6, 6.07) is 8.64. The van der Waals surface area contributed by atoms with E-state index >= 15 is 0 Å². The van der Waals surface area contributed by atoms with Crippen molar-refractivity contribution in [3.63, 3.8) is 0 Å². The molecule has 0 aliphatic carbocycles. The highest BCUT2D eigenvalue weighted by Gasteiger charge is 2.26. The van der Waals surface area contributed by atoms with Crippen molar-refractivity contribution < 1.29 is 0 Å². The Balaban J connectivity index is 2.51. The van der Waals surface area contributed by atoms with Crippen LogP contribution in [0, 0.1) is 5.41 Å². The van der Waals surface area contributed by atoms with Crippen LogP contribution in [0.25, 0.3) is 5.57 Å². The standard InChI is InChI=1S/C13H16S/c1-10-12-7-5-4-6-11(12)8-14-9-13(10,2)3/h4-7H,1,8-9H2,2-3H3. The van der Waals surface area contributed by atoms with Gasteiger partial charge in [0.05, 0.1) is 0 Å². The molecule has 1 heteroatoms. The quantitative estimate of drug-likeness (QED) is 0.616. The SMILES string of the molecule is C=C1c2ccccc2CSCC1(C)C. The third-order valence-corrected chi connectivity index (χ3v) is 4.32. The Labute approximate surface area is 90.4 Å². The van der Waals surface area contributed by atoms with Crippen molar-refractivity contribution in [2.24, 2.45) is 5.41 Å². The maximum absolute atomic E-state index is 4.25. The molecule has 0 radical (unpaired) electrons. The van der Waals surface area contributed by atoms with Crippen LogP contribution in [0.5, 0.6) is 0 Å². The first-order chi connectivity index (χ1) is 6.61. The van der Waals surface area contributed by atoms with Gasteiger partial charge in [0.1, 0.15) is 0 Å². The fourth-order valence-electron chi connectivity index (χ4n) is 1.81.